The Morgan fingerprint density at radius 3 is 2.03 bits per heavy atom. The van der Waals surface area contributed by atoms with Gasteiger partial charge in [-0.1, -0.05) is 0 Å². The highest BCUT2D eigenvalue weighted by Crippen LogP contribution is 2.39. The molecule has 2 aromatic rings. The lowest BCUT2D eigenvalue weighted by Crippen LogP contribution is -2.21. The number of halogens is 9. The minimum atomic E-state index is -5.54. The number of carbonyl (C=O) groups is 1. The number of aromatic nitrogens is 3. The number of rotatable bonds is 2. The number of nitrogens with zero attached hydrogens (tertiary/aromatic N) is 4. The highest BCUT2D eigenvalue weighted by Gasteiger charge is 2.44. The summed E-state index contributed by atoms with van der Waals surface area (Å²) in [4.78, 5) is 14.2. The molecule has 2 rings (SSSR count). The second-order valence-corrected chi connectivity index (χ2v) is 5.18. The first-order chi connectivity index (χ1) is 13.1. The Hall–Kier alpha value is -3.31. The predicted molar refractivity (Wildman–Crippen MR) is 72.4 cm³/mol. The van der Waals surface area contributed by atoms with Crippen molar-refractivity contribution in [1.82, 2.24) is 14.8 Å². The quantitative estimate of drug-likeness (QED) is 0.530. The third-order valence-corrected chi connectivity index (χ3v) is 3.30. The second-order valence-electron chi connectivity index (χ2n) is 5.18. The summed E-state index contributed by atoms with van der Waals surface area (Å²) < 4.78 is 122. The second kappa shape index (κ2) is 6.94. The first kappa shape index (κ1) is 22.0. The Morgan fingerprint density at radius 2 is 1.62 bits per heavy atom. The lowest BCUT2D eigenvalue weighted by Gasteiger charge is -2.17. The number of hydrogen-bond acceptors (Lipinski definition) is 5. The Bertz CT molecular complexity index is 997. The number of ether oxygens (including phenoxy) is 1. The Kier molecular flexibility index (Phi) is 5.26. The molecule has 0 saturated heterocycles. The molecule has 0 aliphatic rings. The van der Waals surface area contributed by atoms with Gasteiger partial charge in [-0.2, -0.15) is 49.9 Å². The summed E-state index contributed by atoms with van der Waals surface area (Å²) in [6.45, 7) is 0. The van der Waals surface area contributed by atoms with Gasteiger partial charge in [0.15, 0.2) is 17.2 Å². The number of methoxy groups -OCH3 is 1. The molecular formula is C14H5F9N4O2. The fraction of sp³-hybridized carbons (Fsp3) is 0.286. The topological polar surface area (TPSA) is 80.8 Å². The van der Waals surface area contributed by atoms with E-state index in [1.165, 1.54) is 0 Å². The van der Waals surface area contributed by atoms with Crippen LogP contribution < -0.4 is 0 Å². The minimum absolute atomic E-state index is 0.0300. The van der Waals surface area contributed by atoms with E-state index in [-0.39, 0.29) is 6.07 Å². The van der Waals surface area contributed by atoms with Crippen LogP contribution >= 0.6 is 0 Å². The highest BCUT2D eigenvalue weighted by molar-refractivity contribution is 5.87. The average molecular weight is 432 g/mol. The Morgan fingerprint density at radius 1 is 1.03 bits per heavy atom. The van der Waals surface area contributed by atoms with E-state index in [1.807, 2.05) is 0 Å². The summed E-state index contributed by atoms with van der Waals surface area (Å²) in [5, 5.41) is 12.0. The molecule has 0 N–H and O–H groups in total. The van der Waals surface area contributed by atoms with Crippen molar-refractivity contribution in [3.05, 3.63) is 40.3 Å². The molecule has 0 fully saturated rings. The molecule has 15 heteroatoms. The number of esters is 1. The summed E-state index contributed by atoms with van der Waals surface area (Å²) in [5.41, 5.74) is -9.09. The molecule has 0 atom stereocenters. The van der Waals surface area contributed by atoms with Gasteiger partial charge >= 0.3 is 24.5 Å². The highest BCUT2D eigenvalue weighted by atomic mass is 19.4. The zero-order chi connectivity index (χ0) is 22.4. The molecule has 0 unspecified atom stereocenters. The molecular weight excluding hydrogens is 427 g/mol. The molecule has 2 aromatic heterocycles. The molecule has 0 amide bonds. The molecule has 0 spiro atoms. The van der Waals surface area contributed by atoms with E-state index >= 15 is 0 Å². The van der Waals surface area contributed by atoms with Gasteiger partial charge in [0.1, 0.15) is 17.3 Å². The van der Waals surface area contributed by atoms with Crippen LogP contribution in [0.25, 0.3) is 5.82 Å². The van der Waals surface area contributed by atoms with Crippen LogP contribution in [-0.2, 0) is 23.3 Å². The molecule has 29 heavy (non-hydrogen) atoms. The summed E-state index contributed by atoms with van der Waals surface area (Å²) >= 11 is 0. The predicted octanol–water partition coefficient (Wildman–Crippen LogP) is 3.98. The van der Waals surface area contributed by atoms with Crippen molar-refractivity contribution < 1.29 is 49.0 Å². The molecule has 0 bridgehead atoms. The average Bonchev–Trinajstić information content (AvgIpc) is 3.03. The lowest BCUT2D eigenvalue weighted by molar-refractivity contribution is -0.145. The molecule has 156 valence electrons. The van der Waals surface area contributed by atoms with Crippen LogP contribution in [0.1, 0.15) is 33.0 Å². The van der Waals surface area contributed by atoms with E-state index in [2.05, 4.69) is 14.8 Å². The van der Waals surface area contributed by atoms with Crippen LogP contribution in [0.3, 0.4) is 0 Å². The molecule has 0 radical (unpaired) electrons. The minimum Gasteiger partial charge on any atom is -0.464 e. The molecule has 0 saturated carbocycles. The Labute approximate surface area is 154 Å². The summed E-state index contributed by atoms with van der Waals surface area (Å²) in [6, 6.07) is 0.401. The van der Waals surface area contributed by atoms with Crippen molar-refractivity contribution in [2.75, 3.05) is 7.11 Å². The van der Waals surface area contributed by atoms with Crippen LogP contribution in [-0.4, -0.2) is 27.8 Å². The van der Waals surface area contributed by atoms with Gasteiger partial charge in [-0.25, -0.2) is 14.5 Å². The maximum atomic E-state index is 13.3. The van der Waals surface area contributed by atoms with E-state index < -0.39 is 69.3 Å². The normalized spacial score (nSPS) is 12.6. The van der Waals surface area contributed by atoms with E-state index in [4.69, 9.17) is 5.26 Å². The van der Waals surface area contributed by atoms with Gasteiger partial charge in [-0.3, -0.25) is 0 Å². The zero-order valence-corrected chi connectivity index (χ0v) is 13.7. The first-order valence-electron chi connectivity index (χ1n) is 6.96. The van der Waals surface area contributed by atoms with Crippen LogP contribution in [0.4, 0.5) is 39.5 Å². The van der Waals surface area contributed by atoms with Gasteiger partial charge in [-0.05, 0) is 6.07 Å². The monoisotopic (exact) mass is 432 g/mol. The largest absolute Gasteiger partial charge is 0.464 e. The maximum Gasteiger partial charge on any atom is 0.433 e. The van der Waals surface area contributed by atoms with Crippen molar-refractivity contribution in [2.24, 2.45) is 0 Å². The van der Waals surface area contributed by atoms with Crippen molar-refractivity contribution in [3.8, 4) is 11.9 Å². The number of nitriles is 1. The number of hydrogen-bond donors (Lipinski definition) is 0. The van der Waals surface area contributed by atoms with Gasteiger partial charge in [0.25, 0.3) is 0 Å². The van der Waals surface area contributed by atoms with Gasteiger partial charge in [-0.15, -0.1) is 0 Å². The molecule has 0 aliphatic heterocycles. The van der Waals surface area contributed by atoms with E-state index in [0.717, 1.165) is 13.2 Å². The fourth-order valence-corrected chi connectivity index (χ4v) is 2.11. The van der Waals surface area contributed by atoms with Gasteiger partial charge in [0, 0.05) is 6.07 Å². The number of alkyl halides is 9. The number of carbonyl (C=O) groups excluding carboxylic acids is 1. The zero-order valence-electron chi connectivity index (χ0n) is 13.7. The molecule has 2 heterocycles. The first-order valence-corrected chi connectivity index (χ1v) is 6.96. The van der Waals surface area contributed by atoms with E-state index in [1.54, 1.807) is 0 Å². The van der Waals surface area contributed by atoms with Gasteiger partial charge in [0.05, 0.1) is 12.7 Å². The fourth-order valence-electron chi connectivity index (χ4n) is 2.11. The van der Waals surface area contributed by atoms with Crippen LogP contribution in [0, 0.1) is 11.3 Å². The van der Waals surface area contributed by atoms with Crippen LogP contribution in [0.2, 0.25) is 0 Å². The van der Waals surface area contributed by atoms with Crippen LogP contribution in [0.15, 0.2) is 12.1 Å². The summed E-state index contributed by atoms with van der Waals surface area (Å²) in [5.74, 6) is -3.17. The standard InChI is InChI=1S/C14H5F9N4O2/c1-29-11(28)7-3-9(14(21,22)23)27(26-7)10-5(4-24)6(12(15,16)17)2-8(25-10)13(18,19)20/h2-3H,1H3. The van der Waals surface area contributed by atoms with Gasteiger partial charge < -0.3 is 4.74 Å². The van der Waals surface area contributed by atoms with Crippen molar-refractivity contribution in [2.45, 2.75) is 18.5 Å². The van der Waals surface area contributed by atoms with E-state index in [9.17, 15) is 44.3 Å². The van der Waals surface area contributed by atoms with Crippen LogP contribution in [0.5, 0.6) is 0 Å². The molecule has 0 aromatic carbocycles. The van der Waals surface area contributed by atoms with E-state index in [0.29, 0.717) is 0 Å². The SMILES string of the molecule is COC(=O)c1cc(C(F)(F)F)n(-c2nc(C(F)(F)F)cc(C(F)(F)F)c2C#N)n1. The van der Waals surface area contributed by atoms with Crippen molar-refractivity contribution >= 4 is 5.97 Å². The smallest absolute Gasteiger partial charge is 0.433 e. The van der Waals surface area contributed by atoms with Gasteiger partial charge in [0.2, 0.25) is 0 Å². The molecule has 6 nitrogen and oxygen atoms in total. The Balaban J connectivity index is 2.99. The molecule has 0 aliphatic carbocycles. The number of pyridine rings is 1. The van der Waals surface area contributed by atoms with Crippen molar-refractivity contribution in [3.63, 3.8) is 0 Å². The third kappa shape index (κ3) is 4.25. The summed E-state index contributed by atoms with van der Waals surface area (Å²) in [6.07, 6.45) is -16.4. The summed E-state index contributed by atoms with van der Waals surface area (Å²) in [7, 11) is 0.750. The lowest BCUT2D eigenvalue weighted by atomic mass is 10.1. The maximum absolute atomic E-state index is 13.3. The van der Waals surface area contributed by atoms with Crippen molar-refractivity contribution in [1.29, 1.82) is 5.26 Å². The third-order valence-electron chi connectivity index (χ3n) is 3.30.